The standard InChI is InChI=1S/C16H18N2O4/c1-9-4-10(2)6-12(5-9)22-8-14-17-11(3)13(7-15(19)20)16(21)18-14/h4-6H,7-8H2,1-3H3,(H,19,20)(H,17,18,21). The van der Waals surface area contributed by atoms with Gasteiger partial charge in [0.15, 0.2) is 0 Å². The quantitative estimate of drug-likeness (QED) is 0.880. The fourth-order valence-electron chi connectivity index (χ4n) is 2.26. The Morgan fingerprint density at radius 3 is 2.41 bits per heavy atom. The van der Waals surface area contributed by atoms with Crippen LogP contribution in [-0.4, -0.2) is 21.0 Å². The predicted octanol–water partition coefficient (Wildman–Crippen LogP) is 1.90. The third kappa shape index (κ3) is 3.94. The average molecular weight is 302 g/mol. The molecule has 1 aromatic heterocycles. The number of carboxylic acid groups (broad SMARTS) is 1. The fourth-order valence-corrected chi connectivity index (χ4v) is 2.26. The fraction of sp³-hybridized carbons (Fsp3) is 0.312. The zero-order valence-electron chi connectivity index (χ0n) is 12.8. The Balaban J connectivity index is 2.17. The highest BCUT2D eigenvalue weighted by Crippen LogP contribution is 2.17. The van der Waals surface area contributed by atoms with Crippen molar-refractivity contribution < 1.29 is 14.6 Å². The second-order valence-corrected chi connectivity index (χ2v) is 5.26. The van der Waals surface area contributed by atoms with Crippen molar-refractivity contribution in [1.29, 1.82) is 0 Å². The van der Waals surface area contributed by atoms with Crippen molar-refractivity contribution in [3.05, 3.63) is 56.8 Å². The van der Waals surface area contributed by atoms with Gasteiger partial charge in [-0.15, -0.1) is 0 Å². The summed E-state index contributed by atoms with van der Waals surface area (Å²) < 4.78 is 5.64. The Hall–Kier alpha value is -2.63. The first kappa shape index (κ1) is 15.8. The third-order valence-corrected chi connectivity index (χ3v) is 3.17. The number of rotatable bonds is 5. The molecule has 0 saturated heterocycles. The molecule has 116 valence electrons. The number of aromatic amines is 1. The lowest BCUT2D eigenvalue weighted by Gasteiger charge is -2.09. The average Bonchev–Trinajstić information content (AvgIpc) is 2.39. The van der Waals surface area contributed by atoms with Crippen molar-refractivity contribution in [3.8, 4) is 5.75 Å². The highest BCUT2D eigenvalue weighted by molar-refractivity contribution is 5.70. The third-order valence-electron chi connectivity index (χ3n) is 3.17. The van der Waals surface area contributed by atoms with Crippen LogP contribution < -0.4 is 10.3 Å². The van der Waals surface area contributed by atoms with Crippen LogP contribution in [0.4, 0.5) is 0 Å². The van der Waals surface area contributed by atoms with E-state index in [2.05, 4.69) is 9.97 Å². The maximum Gasteiger partial charge on any atom is 0.308 e. The van der Waals surface area contributed by atoms with Crippen LogP contribution in [0.15, 0.2) is 23.0 Å². The molecule has 0 radical (unpaired) electrons. The van der Waals surface area contributed by atoms with Crippen molar-refractivity contribution in [3.63, 3.8) is 0 Å². The van der Waals surface area contributed by atoms with Crippen LogP contribution in [0.3, 0.4) is 0 Å². The van der Waals surface area contributed by atoms with Gasteiger partial charge in [-0.05, 0) is 44.0 Å². The molecule has 2 rings (SSSR count). The molecule has 0 unspecified atom stereocenters. The molecule has 22 heavy (non-hydrogen) atoms. The van der Waals surface area contributed by atoms with Gasteiger partial charge in [-0.2, -0.15) is 0 Å². The summed E-state index contributed by atoms with van der Waals surface area (Å²) in [5.41, 5.74) is 2.32. The second kappa shape index (κ2) is 6.43. The molecule has 2 N–H and O–H groups in total. The van der Waals surface area contributed by atoms with E-state index in [4.69, 9.17) is 9.84 Å². The summed E-state index contributed by atoms with van der Waals surface area (Å²) in [5, 5.41) is 8.78. The molecule has 0 bridgehead atoms. The number of benzene rings is 1. The van der Waals surface area contributed by atoms with E-state index in [-0.39, 0.29) is 18.6 Å². The number of ether oxygens (including phenoxy) is 1. The van der Waals surface area contributed by atoms with Gasteiger partial charge in [-0.1, -0.05) is 6.07 Å². The minimum absolute atomic E-state index is 0.117. The van der Waals surface area contributed by atoms with E-state index in [1.165, 1.54) is 0 Å². The number of carbonyl (C=O) groups is 1. The SMILES string of the molecule is Cc1cc(C)cc(OCc2nc(C)c(CC(=O)O)c(=O)[nH]2)c1. The molecule has 0 amide bonds. The number of nitrogens with one attached hydrogen (secondary N) is 1. The summed E-state index contributed by atoms with van der Waals surface area (Å²) in [7, 11) is 0. The first-order valence-corrected chi connectivity index (χ1v) is 6.86. The van der Waals surface area contributed by atoms with Crippen molar-refractivity contribution in [2.24, 2.45) is 0 Å². The van der Waals surface area contributed by atoms with Gasteiger partial charge in [0.2, 0.25) is 0 Å². The maximum atomic E-state index is 11.9. The van der Waals surface area contributed by atoms with Gasteiger partial charge < -0.3 is 14.8 Å². The van der Waals surface area contributed by atoms with Crippen molar-refractivity contribution >= 4 is 5.97 Å². The molecule has 0 saturated carbocycles. The van der Waals surface area contributed by atoms with Gasteiger partial charge >= 0.3 is 5.97 Å². The Morgan fingerprint density at radius 2 is 1.86 bits per heavy atom. The molecule has 0 aliphatic rings. The van der Waals surface area contributed by atoms with Crippen LogP contribution >= 0.6 is 0 Å². The second-order valence-electron chi connectivity index (χ2n) is 5.26. The number of nitrogens with zero attached hydrogens (tertiary/aromatic N) is 1. The van der Waals surface area contributed by atoms with Crippen LogP contribution in [0.2, 0.25) is 0 Å². The number of H-pyrrole nitrogens is 1. The van der Waals surface area contributed by atoms with E-state index in [1.807, 2.05) is 32.0 Å². The van der Waals surface area contributed by atoms with Gasteiger partial charge in [0, 0.05) is 11.3 Å². The molecule has 1 heterocycles. The largest absolute Gasteiger partial charge is 0.486 e. The summed E-state index contributed by atoms with van der Waals surface area (Å²) in [4.78, 5) is 29.4. The number of aromatic nitrogens is 2. The molecule has 0 aliphatic heterocycles. The Kier molecular flexibility index (Phi) is 4.60. The van der Waals surface area contributed by atoms with Crippen molar-refractivity contribution in [2.75, 3.05) is 0 Å². The van der Waals surface area contributed by atoms with Gasteiger partial charge in [0.05, 0.1) is 6.42 Å². The highest BCUT2D eigenvalue weighted by atomic mass is 16.5. The van der Waals surface area contributed by atoms with Crippen LogP contribution in [0.1, 0.15) is 28.2 Å². The van der Waals surface area contributed by atoms with Gasteiger partial charge in [-0.25, -0.2) is 4.98 Å². The molecule has 0 fully saturated rings. The van der Waals surface area contributed by atoms with Crippen LogP contribution in [0.5, 0.6) is 5.75 Å². The molecule has 2 aromatic rings. The Labute approximate surface area is 127 Å². The smallest absolute Gasteiger partial charge is 0.308 e. The number of aryl methyl sites for hydroxylation is 3. The zero-order chi connectivity index (χ0) is 16.3. The molecular weight excluding hydrogens is 284 g/mol. The zero-order valence-corrected chi connectivity index (χ0v) is 12.8. The summed E-state index contributed by atoms with van der Waals surface area (Å²) in [6, 6.07) is 5.84. The van der Waals surface area contributed by atoms with E-state index < -0.39 is 11.5 Å². The minimum Gasteiger partial charge on any atom is -0.486 e. The molecule has 0 aliphatic carbocycles. The monoisotopic (exact) mass is 302 g/mol. The first-order chi connectivity index (χ1) is 10.3. The Morgan fingerprint density at radius 1 is 1.23 bits per heavy atom. The molecule has 1 aromatic carbocycles. The molecular formula is C16H18N2O4. The van der Waals surface area contributed by atoms with E-state index in [0.717, 1.165) is 11.1 Å². The summed E-state index contributed by atoms with van der Waals surface area (Å²) in [6.07, 6.45) is -0.341. The van der Waals surface area contributed by atoms with E-state index in [0.29, 0.717) is 17.3 Å². The summed E-state index contributed by atoms with van der Waals surface area (Å²) in [5.74, 6) is 0.0119. The van der Waals surface area contributed by atoms with Gasteiger partial charge in [0.25, 0.3) is 5.56 Å². The molecule has 6 heteroatoms. The summed E-state index contributed by atoms with van der Waals surface area (Å²) in [6.45, 7) is 5.69. The lowest BCUT2D eigenvalue weighted by molar-refractivity contribution is -0.136. The van der Waals surface area contributed by atoms with Gasteiger partial charge in [0.1, 0.15) is 18.2 Å². The molecule has 0 spiro atoms. The lowest BCUT2D eigenvalue weighted by atomic mass is 10.1. The van der Waals surface area contributed by atoms with Crippen LogP contribution in [0.25, 0.3) is 0 Å². The highest BCUT2D eigenvalue weighted by Gasteiger charge is 2.12. The van der Waals surface area contributed by atoms with E-state index in [9.17, 15) is 9.59 Å². The van der Waals surface area contributed by atoms with Crippen molar-refractivity contribution in [1.82, 2.24) is 9.97 Å². The lowest BCUT2D eigenvalue weighted by Crippen LogP contribution is -2.22. The number of aliphatic carboxylic acids is 1. The predicted molar refractivity (Wildman–Crippen MR) is 81.2 cm³/mol. The summed E-state index contributed by atoms with van der Waals surface area (Å²) >= 11 is 0. The number of carboxylic acids is 1. The topological polar surface area (TPSA) is 92.3 Å². The maximum absolute atomic E-state index is 11.9. The van der Waals surface area contributed by atoms with Crippen LogP contribution in [-0.2, 0) is 17.8 Å². The first-order valence-electron chi connectivity index (χ1n) is 6.86. The van der Waals surface area contributed by atoms with E-state index >= 15 is 0 Å². The Bertz CT molecular complexity index is 745. The minimum atomic E-state index is -1.06. The number of hydrogen-bond acceptors (Lipinski definition) is 4. The van der Waals surface area contributed by atoms with Crippen LogP contribution in [0, 0.1) is 20.8 Å². The van der Waals surface area contributed by atoms with E-state index in [1.54, 1.807) is 6.92 Å². The molecule has 6 nitrogen and oxygen atoms in total. The normalized spacial score (nSPS) is 10.5. The van der Waals surface area contributed by atoms with Crippen molar-refractivity contribution in [2.45, 2.75) is 33.8 Å². The molecule has 0 atom stereocenters. The van der Waals surface area contributed by atoms with Gasteiger partial charge in [-0.3, -0.25) is 9.59 Å². The number of hydrogen-bond donors (Lipinski definition) is 2.